The van der Waals surface area contributed by atoms with Crippen molar-refractivity contribution in [3.63, 3.8) is 0 Å². The molecule has 2 aromatic rings. The van der Waals surface area contributed by atoms with Gasteiger partial charge in [-0.25, -0.2) is 0 Å². The van der Waals surface area contributed by atoms with Crippen molar-refractivity contribution in [1.29, 1.82) is 0 Å². The molecule has 0 saturated carbocycles. The fourth-order valence-electron chi connectivity index (χ4n) is 4.01. The maximum absolute atomic E-state index is 3.56. The number of hydrogen-bond donors (Lipinski definition) is 1. The SMILES string of the molecule is CN1CCC2CNCCN2c2cc(CCc3ccccc3)ccc21. The number of rotatable bonds is 3. The Labute approximate surface area is 145 Å². The maximum atomic E-state index is 3.56. The molecule has 0 aliphatic carbocycles. The second-order valence-electron chi connectivity index (χ2n) is 7.07. The molecule has 2 aliphatic rings. The summed E-state index contributed by atoms with van der Waals surface area (Å²) in [4.78, 5) is 5.07. The topological polar surface area (TPSA) is 18.5 Å². The van der Waals surface area contributed by atoms with Gasteiger partial charge in [-0.3, -0.25) is 0 Å². The molecular weight excluding hydrogens is 294 g/mol. The summed E-state index contributed by atoms with van der Waals surface area (Å²) in [5, 5.41) is 3.56. The molecule has 1 atom stereocenters. The van der Waals surface area contributed by atoms with Gasteiger partial charge in [0.05, 0.1) is 11.4 Å². The number of benzene rings is 2. The van der Waals surface area contributed by atoms with Crippen LogP contribution in [0.1, 0.15) is 17.5 Å². The Morgan fingerprint density at radius 1 is 0.958 bits per heavy atom. The number of nitrogens with zero attached hydrogens (tertiary/aromatic N) is 2. The first kappa shape index (κ1) is 15.5. The minimum atomic E-state index is 0.631. The molecule has 0 spiro atoms. The zero-order valence-electron chi connectivity index (χ0n) is 14.5. The summed E-state index contributed by atoms with van der Waals surface area (Å²) in [7, 11) is 2.23. The van der Waals surface area contributed by atoms with Crippen molar-refractivity contribution in [1.82, 2.24) is 5.32 Å². The molecule has 1 saturated heterocycles. The Bertz CT molecular complexity index is 683. The molecule has 126 valence electrons. The van der Waals surface area contributed by atoms with Crippen LogP contribution in [0.25, 0.3) is 0 Å². The Morgan fingerprint density at radius 2 is 1.79 bits per heavy atom. The Morgan fingerprint density at radius 3 is 2.67 bits per heavy atom. The van der Waals surface area contributed by atoms with Crippen molar-refractivity contribution >= 4 is 11.4 Å². The third-order valence-corrected chi connectivity index (χ3v) is 5.45. The third-order valence-electron chi connectivity index (χ3n) is 5.45. The molecule has 3 heteroatoms. The molecule has 1 fully saturated rings. The lowest BCUT2D eigenvalue weighted by Crippen LogP contribution is -2.51. The fraction of sp³-hybridized carbons (Fsp3) is 0.429. The van der Waals surface area contributed by atoms with Crippen LogP contribution < -0.4 is 15.1 Å². The number of anilines is 2. The van der Waals surface area contributed by atoms with Crippen LogP contribution in [0.2, 0.25) is 0 Å². The molecule has 2 aliphatic heterocycles. The lowest BCUT2D eigenvalue weighted by molar-refractivity contribution is 0.462. The normalized spacial score (nSPS) is 20.3. The number of fused-ring (bicyclic) bond motifs is 3. The molecule has 0 radical (unpaired) electrons. The van der Waals surface area contributed by atoms with Gasteiger partial charge in [0.25, 0.3) is 0 Å². The molecule has 24 heavy (non-hydrogen) atoms. The second kappa shape index (κ2) is 6.86. The van der Waals surface area contributed by atoms with Gasteiger partial charge < -0.3 is 15.1 Å². The van der Waals surface area contributed by atoms with Gasteiger partial charge in [-0.15, -0.1) is 0 Å². The van der Waals surface area contributed by atoms with Crippen molar-refractivity contribution in [2.24, 2.45) is 0 Å². The second-order valence-corrected chi connectivity index (χ2v) is 7.07. The van der Waals surface area contributed by atoms with Crippen LogP contribution in [0.15, 0.2) is 48.5 Å². The standard InChI is InChI=1S/C21H27N3/c1-23-13-11-19-16-22-12-14-24(19)21-15-18(9-10-20(21)23)8-7-17-5-3-2-4-6-17/h2-6,9-10,15,19,22H,7-8,11-14,16H2,1H3. The van der Waals surface area contributed by atoms with Crippen molar-refractivity contribution in [3.05, 3.63) is 59.7 Å². The van der Waals surface area contributed by atoms with Gasteiger partial charge in [-0.2, -0.15) is 0 Å². The molecule has 0 aromatic heterocycles. The minimum absolute atomic E-state index is 0.631. The van der Waals surface area contributed by atoms with Gasteiger partial charge in [-0.1, -0.05) is 36.4 Å². The van der Waals surface area contributed by atoms with Crippen molar-refractivity contribution in [2.75, 3.05) is 43.0 Å². The number of piperazine rings is 1. The molecule has 0 amide bonds. The summed E-state index contributed by atoms with van der Waals surface area (Å²) in [6, 6.07) is 18.5. The first-order chi connectivity index (χ1) is 11.8. The lowest BCUT2D eigenvalue weighted by atomic mass is 10.0. The van der Waals surface area contributed by atoms with Crippen LogP contribution in [-0.2, 0) is 12.8 Å². The number of nitrogens with one attached hydrogen (secondary N) is 1. The van der Waals surface area contributed by atoms with Crippen molar-refractivity contribution < 1.29 is 0 Å². The molecule has 2 heterocycles. The average Bonchev–Trinajstić information content (AvgIpc) is 2.78. The number of hydrogen-bond acceptors (Lipinski definition) is 3. The first-order valence-corrected chi connectivity index (χ1v) is 9.16. The van der Waals surface area contributed by atoms with Crippen LogP contribution in [0, 0.1) is 0 Å². The predicted octanol–water partition coefficient (Wildman–Crippen LogP) is 3.09. The molecule has 1 unspecified atom stereocenters. The van der Waals surface area contributed by atoms with Crippen molar-refractivity contribution in [3.8, 4) is 0 Å². The van der Waals surface area contributed by atoms with E-state index in [0.717, 1.165) is 39.0 Å². The largest absolute Gasteiger partial charge is 0.373 e. The van der Waals surface area contributed by atoms with E-state index >= 15 is 0 Å². The van der Waals surface area contributed by atoms with Gasteiger partial charge in [0, 0.05) is 39.3 Å². The maximum Gasteiger partial charge on any atom is 0.0610 e. The third kappa shape index (κ3) is 3.13. The summed E-state index contributed by atoms with van der Waals surface area (Å²) < 4.78 is 0. The van der Waals surface area contributed by atoms with Gasteiger partial charge in [0.1, 0.15) is 0 Å². The highest BCUT2D eigenvalue weighted by molar-refractivity contribution is 5.73. The molecule has 0 bridgehead atoms. The average molecular weight is 321 g/mol. The van der Waals surface area contributed by atoms with E-state index in [9.17, 15) is 0 Å². The zero-order chi connectivity index (χ0) is 16.4. The van der Waals surface area contributed by atoms with Crippen LogP contribution in [0.4, 0.5) is 11.4 Å². The van der Waals surface area contributed by atoms with Crippen LogP contribution in [-0.4, -0.2) is 39.3 Å². The quantitative estimate of drug-likeness (QED) is 0.937. The van der Waals surface area contributed by atoms with E-state index in [1.165, 1.54) is 28.9 Å². The highest BCUT2D eigenvalue weighted by Gasteiger charge is 2.28. The fourth-order valence-corrected chi connectivity index (χ4v) is 4.01. The summed E-state index contributed by atoms with van der Waals surface area (Å²) in [5.41, 5.74) is 5.70. The first-order valence-electron chi connectivity index (χ1n) is 9.16. The predicted molar refractivity (Wildman–Crippen MR) is 102 cm³/mol. The van der Waals surface area contributed by atoms with Crippen molar-refractivity contribution in [2.45, 2.75) is 25.3 Å². The van der Waals surface area contributed by atoms with Gasteiger partial charge in [0.2, 0.25) is 0 Å². The van der Waals surface area contributed by atoms with Gasteiger partial charge in [-0.05, 0) is 42.5 Å². The lowest BCUT2D eigenvalue weighted by Gasteiger charge is -2.37. The zero-order valence-corrected chi connectivity index (χ0v) is 14.5. The van der Waals surface area contributed by atoms with E-state index in [1.54, 1.807) is 0 Å². The number of aryl methyl sites for hydroxylation is 2. The van der Waals surface area contributed by atoms with E-state index in [4.69, 9.17) is 0 Å². The van der Waals surface area contributed by atoms with E-state index in [0.29, 0.717) is 6.04 Å². The smallest absolute Gasteiger partial charge is 0.0610 e. The van der Waals surface area contributed by atoms with E-state index in [1.807, 2.05) is 0 Å². The summed E-state index contributed by atoms with van der Waals surface area (Å²) in [5.74, 6) is 0. The molecule has 3 nitrogen and oxygen atoms in total. The van der Waals surface area contributed by atoms with Gasteiger partial charge >= 0.3 is 0 Å². The summed E-state index contributed by atoms with van der Waals surface area (Å²) in [6.07, 6.45) is 3.45. The molecule has 2 aromatic carbocycles. The Kier molecular flexibility index (Phi) is 4.44. The summed E-state index contributed by atoms with van der Waals surface area (Å²) >= 11 is 0. The Balaban J connectivity index is 1.59. The molecule has 4 rings (SSSR count). The van der Waals surface area contributed by atoms with E-state index in [2.05, 4.69) is 70.7 Å². The van der Waals surface area contributed by atoms with Gasteiger partial charge in [0.15, 0.2) is 0 Å². The van der Waals surface area contributed by atoms with Crippen LogP contribution in [0.3, 0.4) is 0 Å². The molecule has 1 N–H and O–H groups in total. The highest BCUT2D eigenvalue weighted by Crippen LogP contribution is 2.35. The summed E-state index contributed by atoms with van der Waals surface area (Å²) in [6.45, 7) is 4.46. The molecular formula is C21H27N3. The van der Waals surface area contributed by atoms with E-state index < -0.39 is 0 Å². The van der Waals surface area contributed by atoms with Crippen LogP contribution >= 0.6 is 0 Å². The van der Waals surface area contributed by atoms with E-state index in [-0.39, 0.29) is 0 Å². The highest BCUT2D eigenvalue weighted by atomic mass is 15.3. The monoisotopic (exact) mass is 321 g/mol. The minimum Gasteiger partial charge on any atom is -0.373 e. The van der Waals surface area contributed by atoms with Crippen LogP contribution in [0.5, 0.6) is 0 Å². The Hall–Kier alpha value is -2.00.